The van der Waals surface area contributed by atoms with Crippen LogP contribution in [-0.2, 0) is 19.2 Å². The lowest BCUT2D eigenvalue weighted by Crippen LogP contribution is -2.58. The molecule has 0 aromatic rings. The van der Waals surface area contributed by atoms with E-state index in [4.69, 9.17) is 10.8 Å². The van der Waals surface area contributed by atoms with Crippen molar-refractivity contribution in [1.82, 2.24) is 16.0 Å². The molecule has 0 radical (unpaired) electrons. The molecule has 26 heavy (non-hydrogen) atoms. The van der Waals surface area contributed by atoms with Gasteiger partial charge >= 0.3 is 5.97 Å². The number of amides is 3. The molecule has 4 unspecified atom stereocenters. The first kappa shape index (κ1) is 24.9. The van der Waals surface area contributed by atoms with Crippen molar-refractivity contribution in [2.45, 2.75) is 38.0 Å². The zero-order valence-electron chi connectivity index (χ0n) is 14.5. The molecule has 0 heterocycles. The Balaban J connectivity index is 4.95. The predicted octanol–water partition coefficient (Wildman–Crippen LogP) is -1.70. The summed E-state index contributed by atoms with van der Waals surface area (Å²) < 4.78 is 0. The number of aliphatic carboxylic acids is 1. The molecule has 0 fully saturated rings. The summed E-state index contributed by atoms with van der Waals surface area (Å²) in [5.74, 6) is -3.45. The van der Waals surface area contributed by atoms with Crippen molar-refractivity contribution in [3.63, 3.8) is 0 Å². The van der Waals surface area contributed by atoms with Crippen LogP contribution in [0.3, 0.4) is 0 Å². The van der Waals surface area contributed by atoms with Crippen molar-refractivity contribution in [1.29, 1.82) is 0 Å². The van der Waals surface area contributed by atoms with Gasteiger partial charge in [0, 0.05) is 17.3 Å². The SMILES string of the molecule is CC(C)C(NC(=O)C(CS)NC(=O)C(CS)NC(=O)C(N)CS)C(=O)O. The van der Waals surface area contributed by atoms with Crippen molar-refractivity contribution in [3.05, 3.63) is 0 Å². The van der Waals surface area contributed by atoms with E-state index in [1.54, 1.807) is 13.8 Å². The van der Waals surface area contributed by atoms with Gasteiger partial charge in [0.2, 0.25) is 17.7 Å². The van der Waals surface area contributed by atoms with Crippen LogP contribution in [0.25, 0.3) is 0 Å². The lowest BCUT2D eigenvalue weighted by atomic mass is 10.0. The van der Waals surface area contributed by atoms with Crippen LogP contribution in [0.15, 0.2) is 0 Å². The molecule has 0 saturated heterocycles. The zero-order valence-corrected chi connectivity index (χ0v) is 17.2. The van der Waals surface area contributed by atoms with Crippen molar-refractivity contribution < 1.29 is 24.3 Å². The maximum atomic E-state index is 12.3. The van der Waals surface area contributed by atoms with Gasteiger partial charge in [0.05, 0.1) is 6.04 Å². The Bertz CT molecular complexity index is 521. The summed E-state index contributed by atoms with van der Waals surface area (Å²) >= 11 is 11.9. The summed E-state index contributed by atoms with van der Waals surface area (Å²) in [5, 5.41) is 16.3. The molecule has 0 aromatic carbocycles. The molecule has 150 valence electrons. The van der Waals surface area contributed by atoms with Crippen molar-refractivity contribution in [2.75, 3.05) is 17.3 Å². The zero-order chi connectivity index (χ0) is 20.4. The minimum absolute atomic E-state index is 0.0263. The summed E-state index contributed by atoms with van der Waals surface area (Å²) in [6.07, 6.45) is 0. The average molecular weight is 427 g/mol. The Morgan fingerprint density at radius 2 is 1.27 bits per heavy atom. The van der Waals surface area contributed by atoms with Gasteiger partial charge in [-0.2, -0.15) is 37.9 Å². The quantitative estimate of drug-likeness (QED) is 0.185. The van der Waals surface area contributed by atoms with Crippen LogP contribution in [0.5, 0.6) is 0 Å². The van der Waals surface area contributed by atoms with Crippen LogP contribution >= 0.6 is 37.9 Å². The van der Waals surface area contributed by atoms with E-state index in [0.29, 0.717) is 0 Å². The lowest BCUT2D eigenvalue weighted by Gasteiger charge is -2.24. The normalized spacial score (nSPS) is 15.5. The molecule has 3 amide bonds. The van der Waals surface area contributed by atoms with E-state index in [0.717, 1.165) is 0 Å². The van der Waals surface area contributed by atoms with Gasteiger partial charge in [-0.1, -0.05) is 13.8 Å². The van der Waals surface area contributed by atoms with E-state index in [1.165, 1.54) is 0 Å². The molecule has 0 aromatic heterocycles. The Morgan fingerprint density at radius 1 is 0.846 bits per heavy atom. The summed E-state index contributed by atoms with van der Waals surface area (Å²) in [5.41, 5.74) is 5.53. The fraction of sp³-hybridized carbons (Fsp3) is 0.714. The fourth-order valence-electron chi connectivity index (χ4n) is 1.79. The fourth-order valence-corrected chi connectivity index (χ4v) is 2.47. The average Bonchev–Trinajstić information content (AvgIpc) is 2.59. The molecule has 0 rings (SSSR count). The van der Waals surface area contributed by atoms with Gasteiger partial charge < -0.3 is 26.8 Å². The molecule has 0 aliphatic rings. The largest absolute Gasteiger partial charge is 0.480 e. The second-order valence-corrected chi connectivity index (χ2v) is 6.94. The third kappa shape index (κ3) is 8.06. The molecule has 0 bridgehead atoms. The number of nitrogens with one attached hydrogen (secondary N) is 3. The van der Waals surface area contributed by atoms with Gasteiger partial charge in [-0.15, -0.1) is 0 Å². The molecule has 0 spiro atoms. The molecule has 0 saturated carbocycles. The second-order valence-electron chi connectivity index (χ2n) is 5.85. The van der Waals surface area contributed by atoms with Gasteiger partial charge in [-0.3, -0.25) is 14.4 Å². The molecular formula is C14H26N4O5S3. The third-order valence-corrected chi connectivity index (χ3v) is 4.52. The first-order valence-electron chi connectivity index (χ1n) is 7.81. The Morgan fingerprint density at radius 3 is 1.62 bits per heavy atom. The van der Waals surface area contributed by atoms with Gasteiger partial charge in [0.25, 0.3) is 0 Å². The summed E-state index contributed by atoms with van der Waals surface area (Å²) in [6, 6.07) is -4.09. The predicted molar refractivity (Wildman–Crippen MR) is 108 cm³/mol. The van der Waals surface area contributed by atoms with Gasteiger partial charge in [-0.05, 0) is 5.92 Å². The van der Waals surface area contributed by atoms with Gasteiger partial charge in [0.15, 0.2) is 0 Å². The highest BCUT2D eigenvalue weighted by Crippen LogP contribution is 2.03. The summed E-state index contributed by atoms with van der Waals surface area (Å²) in [6.45, 7) is 3.29. The highest BCUT2D eigenvalue weighted by molar-refractivity contribution is 7.80. The maximum Gasteiger partial charge on any atom is 0.326 e. The van der Waals surface area contributed by atoms with Crippen molar-refractivity contribution in [3.8, 4) is 0 Å². The van der Waals surface area contributed by atoms with Crippen molar-refractivity contribution in [2.24, 2.45) is 11.7 Å². The summed E-state index contributed by atoms with van der Waals surface area (Å²) in [4.78, 5) is 47.5. The molecule has 12 heteroatoms. The van der Waals surface area contributed by atoms with Crippen LogP contribution in [0.4, 0.5) is 0 Å². The highest BCUT2D eigenvalue weighted by atomic mass is 32.1. The lowest BCUT2D eigenvalue weighted by molar-refractivity contribution is -0.143. The third-order valence-electron chi connectivity index (χ3n) is 3.40. The van der Waals surface area contributed by atoms with Crippen LogP contribution in [0, 0.1) is 5.92 Å². The number of carboxylic acid groups (broad SMARTS) is 1. The minimum atomic E-state index is -1.18. The van der Waals surface area contributed by atoms with Crippen LogP contribution < -0.4 is 21.7 Å². The van der Waals surface area contributed by atoms with Gasteiger partial charge in [-0.25, -0.2) is 4.79 Å². The Kier molecular flexibility index (Phi) is 11.8. The number of nitrogens with two attached hydrogens (primary N) is 1. The molecular weight excluding hydrogens is 400 g/mol. The molecule has 6 N–H and O–H groups in total. The maximum absolute atomic E-state index is 12.3. The van der Waals surface area contributed by atoms with Crippen LogP contribution in [0.1, 0.15) is 13.8 Å². The van der Waals surface area contributed by atoms with Crippen LogP contribution in [0.2, 0.25) is 0 Å². The standard InChI is InChI=1S/C14H26N4O5S3/c1-6(2)10(14(22)23)18-13(21)9(5-26)17-12(20)8(4-25)16-11(19)7(15)3-24/h6-10,24-26H,3-5,15H2,1-2H3,(H,16,19)(H,17,20)(H,18,21)(H,22,23). The monoisotopic (exact) mass is 426 g/mol. The number of carboxylic acids is 1. The molecule has 4 atom stereocenters. The first-order valence-corrected chi connectivity index (χ1v) is 9.70. The van der Waals surface area contributed by atoms with E-state index in [1.807, 2.05) is 0 Å². The molecule has 0 aliphatic heterocycles. The molecule has 0 aliphatic carbocycles. The highest BCUT2D eigenvalue weighted by Gasteiger charge is 2.30. The number of rotatable bonds is 11. The van der Waals surface area contributed by atoms with E-state index < -0.39 is 47.9 Å². The van der Waals surface area contributed by atoms with E-state index in [-0.39, 0.29) is 23.2 Å². The number of carbonyl (C=O) groups is 4. The van der Waals surface area contributed by atoms with E-state index in [2.05, 4.69) is 53.8 Å². The van der Waals surface area contributed by atoms with E-state index >= 15 is 0 Å². The smallest absolute Gasteiger partial charge is 0.326 e. The first-order chi connectivity index (χ1) is 12.1. The van der Waals surface area contributed by atoms with E-state index in [9.17, 15) is 19.2 Å². The summed E-state index contributed by atoms with van der Waals surface area (Å²) in [7, 11) is 0. The Labute approximate surface area is 168 Å². The van der Waals surface area contributed by atoms with Crippen LogP contribution in [-0.4, -0.2) is 70.2 Å². The minimum Gasteiger partial charge on any atom is -0.480 e. The number of carbonyl (C=O) groups excluding carboxylic acids is 3. The van der Waals surface area contributed by atoms with Gasteiger partial charge in [0.1, 0.15) is 18.1 Å². The number of hydrogen-bond donors (Lipinski definition) is 8. The number of thiol groups is 3. The topological polar surface area (TPSA) is 151 Å². The molecule has 9 nitrogen and oxygen atoms in total. The number of hydrogen-bond acceptors (Lipinski definition) is 8. The Hall–Kier alpha value is -1.11. The second kappa shape index (κ2) is 12.3. The van der Waals surface area contributed by atoms with Crippen molar-refractivity contribution >= 4 is 61.6 Å².